The van der Waals surface area contributed by atoms with E-state index < -0.39 is 5.82 Å². The van der Waals surface area contributed by atoms with Crippen LogP contribution in [0.2, 0.25) is 0 Å². The summed E-state index contributed by atoms with van der Waals surface area (Å²) in [6, 6.07) is 14.7. The van der Waals surface area contributed by atoms with Crippen molar-refractivity contribution in [2.75, 3.05) is 5.06 Å². The fourth-order valence-corrected chi connectivity index (χ4v) is 2.15. The van der Waals surface area contributed by atoms with Gasteiger partial charge in [0.2, 0.25) is 0 Å². The van der Waals surface area contributed by atoms with Crippen LogP contribution in [0.25, 0.3) is 0 Å². The van der Waals surface area contributed by atoms with Gasteiger partial charge in [-0.3, -0.25) is 5.21 Å². The van der Waals surface area contributed by atoms with E-state index in [0.717, 1.165) is 11.8 Å². The second-order valence-corrected chi connectivity index (χ2v) is 5.28. The maximum Gasteiger partial charge on any atom is 0.318 e. The molecule has 128 valence electrons. The average Bonchev–Trinajstić information content (AvgIpc) is 2.63. The molecule has 0 amide bonds. The van der Waals surface area contributed by atoms with E-state index in [1.54, 1.807) is 24.3 Å². The molecular weight excluding hydrogens is 328 g/mol. The third-order valence-corrected chi connectivity index (χ3v) is 3.40. The van der Waals surface area contributed by atoms with Crippen LogP contribution >= 0.6 is 0 Å². The SMILES string of the molecule is ON(Cc1ccccc1)c1nc(OCc2ccc(F)cc2)ncc1F. The molecule has 0 fully saturated rings. The van der Waals surface area contributed by atoms with Crippen LogP contribution in [0, 0.1) is 11.6 Å². The summed E-state index contributed by atoms with van der Waals surface area (Å²) in [5.74, 6) is -1.40. The van der Waals surface area contributed by atoms with Gasteiger partial charge in [0.25, 0.3) is 0 Å². The topological polar surface area (TPSA) is 58.5 Å². The predicted octanol–water partition coefficient (Wildman–Crippen LogP) is 3.73. The Labute approximate surface area is 143 Å². The van der Waals surface area contributed by atoms with Crippen LogP contribution in [-0.4, -0.2) is 15.2 Å². The summed E-state index contributed by atoms with van der Waals surface area (Å²) in [4.78, 5) is 7.64. The Morgan fingerprint density at radius 2 is 1.68 bits per heavy atom. The van der Waals surface area contributed by atoms with Crippen molar-refractivity contribution in [3.05, 3.63) is 83.6 Å². The number of halogens is 2. The quantitative estimate of drug-likeness (QED) is 0.691. The molecule has 3 aromatic rings. The van der Waals surface area contributed by atoms with Crippen LogP contribution < -0.4 is 9.80 Å². The van der Waals surface area contributed by atoms with Crippen LogP contribution in [-0.2, 0) is 13.2 Å². The van der Waals surface area contributed by atoms with Crippen LogP contribution in [0.1, 0.15) is 11.1 Å². The zero-order valence-electron chi connectivity index (χ0n) is 13.1. The van der Waals surface area contributed by atoms with Crippen LogP contribution in [0.15, 0.2) is 60.8 Å². The Morgan fingerprint density at radius 1 is 0.960 bits per heavy atom. The molecule has 0 spiro atoms. The van der Waals surface area contributed by atoms with Crippen molar-refractivity contribution in [2.45, 2.75) is 13.2 Å². The summed E-state index contributed by atoms with van der Waals surface area (Å²) in [6.45, 7) is 0.154. The first kappa shape index (κ1) is 16.8. The van der Waals surface area contributed by atoms with E-state index in [1.165, 1.54) is 12.1 Å². The van der Waals surface area contributed by atoms with Gasteiger partial charge in [-0.25, -0.2) is 18.8 Å². The van der Waals surface area contributed by atoms with Gasteiger partial charge in [-0.2, -0.15) is 4.98 Å². The zero-order valence-corrected chi connectivity index (χ0v) is 13.1. The smallest absolute Gasteiger partial charge is 0.318 e. The largest absolute Gasteiger partial charge is 0.459 e. The minimum Gasteiger partial charge on any atom is -0.459 e. The lowest BCUT2D eigenvalue weighted by Crippen LogP contribution is -2.20. The minimum atomic E-state index is -0.771. The Kier molecular flexibility index (Phi) is 5.15. The Bertz CT molecular complexity index is 829. The second kappa shape index (κ2) is 7.67. The van der Waals surface area contributed by atoms with Gasteiger partial charge < -0.3 is 4.74 Å². The van der Waals surface area contributed by atoms with Crippen molar-refractivity contribution in [1.29, 1.82) is 0 Å². The summed E-state index contributed by atoms with van der Waals surface area (Å²) >= 11 is 0. The first-order valence-electron chi connectivity index (χ1n) is 7.52. The highest BCUT2D eigenvalue weighted by Gasteiger charge is 2.14. The molecule has 0 saturated heterocycles. The highest BCUT2D eigenvalue weighted by atomic mass is 19.1. The van der Waals surface area contributed by atoms with Gasteiger partial charge in [0.1, 0.15) is 12.4 Å². The molecule has 5 nitrogen and oxygen atoms in total. The Morgan fingerprint density at radius 3 is 2.40 bits per heavy atom. The van der Waals surface area contributed by atoms with Gasteiger partial charge in [0.15, 0.2) is 11.6 Å². The van der Waals surface area contributed by atoms with E-state index in [1.807, 2.05) is 18.2 Å². The number of hydroxylamine groups is 1. The molecule has 7 heteroatoms. The lowest BCUT2D eigenvalue weighted by molar-refractivity contribution is 0.236. The standard InChI is InChI=1S/C18H15F2N3O2/c19-15-8-6-14(7-9-15)12-25-18-21-10-16(20)17(22-18)23(24)11-13-4-2-1-3-5-13/h1-10,24H,11-12H2. The molecule has 0 saturated carbocycles. The Balaban J connectivity index is 1.70. The first-order chi connectivity index (χ1) is 12.1. The van der Waals surface area contributed by atoms with Crippen LogP contribution in [0.3, 0.4) is 0 Å². The van der Waals surface area contributed by atoms with E-state index in [0.29, 0.717) is 10.6 Å². The maximum absolute atomic E-state index is 13.9. The lowest BCUT2D eigenvalue weighted by atomic mass is 10.2. The van der Waals surface area contributed by atoms with Gasteiger partial charge >= 0.3 is 6.01 Å². The third kappa shape index (κ3) is 4.48. The van der Waals surface area contributed by atoms with E-state index >= 15 is 0 Å². The number of rotatable bonds is 6. The van der Waals surface area contributed by atoms with Gasteiger partial charge in [-0.1, -0.05) is 42.5 Å². The molecule has 0 unspecified atom stereocenters. The third-order valence-electron chi connectivity index (χ3n) is 3.40. The van der Waals surface area contributed by atoms with E-state index in [9.17, 15) is 14.0 Å². The first-order valence-corrected chi connectivity index (χ1v) is 7.52. The normalized spacial score (nSPS) is 10.5. The van der Waals surface area contributed by atoms with Gasteiger partial charge in [-0.05, 0) is 23.3 Å². The molecule has 1 heterocycles. The van der Waals surface area contributed by atoms with Crippen molar-refractivity contribution in [3.63, 3.8) is 0 Å². The number of benzene rings is 2. The number of hydrogen-bond donors (Lipinski definition) is 1. The fourth-order valence-electron chi connectivity index (χ4n) is 2.15. The van der Waals surface area contributed by atoms with E-state index in [2.05, 4.69) is 9.97 Å². The van der Waals surface area contributed by atoms with Crippen molar-refractivity contribution >= 4 is 5.82 Å². The van der Waals surface area contributed by atoms with Crippen LogP contribution in [0.4, 0.5) is 14.6 Å². The number of nitrogens with zero attached hydrogens (tertiary/aromatic N) is 3. The highest BCUT2D eigenvalue weighted by molar-refractivity contribution is 5.37. The molecule has 1 aromatic heterocycles. The van der Waals surface area contributed by atoms with E-state index in [4.69, 9.17) is 4.74 Å². The minimum absolute atomic E-state index is 0.0617. The molecule has 2 aromatic carbocycles. The Hall–Kier alpha value is -3.06. The van der Waals surface area contributed by atoms with Crippen molar-refractivity contribution in [1.82, 2.24) is 9.97 Å². The predicted molar refractivity (Wildman–Crippen MR) is 87.1 cm³/mol. The molecule has 0 aliphatic heterocycles. The van der Waals surface area contributed by atoms with Gasteiger partial charge in [-0.15, -0.1) is 0 Å². The molecule has 0 aliphatic rings. The monoisotopic (exact) mass is 343 g/mol. The summed E-state index contributed by atoms with van der Waals surface area (Å²) in [6.07, 6.45) is 0.927. The zero-order chi connectivity index (χ0) is 17.6. The molecule has 3 rings (SSSR count). The number of aromatic nitrogens is 2. The summed E-state index contributed by atoms with van der Waals surface area (Å²) in [5.41, 5.74) is 1.50. The fraction of sp³-hybridized carbons (Fsp3) is 0.111. The van der Waals surface area contributed by atoms with Crippen molar-refractivity contribution in [2.24, 2.45) is 0 Å². The number of hydrogen-bond acceptors (Lipinski definition) is 5. The van der Waals surface area contributed by atoms with Crippen molar-refractivity contribution < 1.29 is 18.7 Å². The van der Waals surface area contributed by atoms with Gasteiger partial charge in [0.05, 0.1) is 12.7 Å². The van der Waals surface area contributed by atoms with E-state index in [-0.39, 0.29) is 30.8 Å². The lowest BCUT2D eigenvalue weighted by Gasteiger charge is -2.17. The maximum atomic E-state index is 13.9. The van der Waals surface area contributed by atoms with Gasteiger partial charge in [0, 0.05) is 0 Å². The molecular formula is C18H15F2N3O2. The number of anilines is 1. The summed E-state index contributed by atoms with van der Waals surface area (Å²) < 4.78 is 32.2. The summed E-state index contributed by atoms with van der Waals surface area (Å²) in [5, 5.41) is 10.8. The second-order valence-electron chi connectivity index (χ2n) is 5.28. The summed E-state index contributed by atoms with van der Waals surface area (Å²) in [7, 11) is 0. The molecule has 0 bridgehead atoms. The number of ether oxygens (including phenoxy) is 1. The highest BCUT2D eigenvalue weighted by Crippen LogP contribution is 2.19. The molecule has 1 N–H and O–H groups in total. The molecule has 25 heavy (non-hydrogen) atoms. The molecule has 0 radical (unpaired) electrons. The van der Waals surface area contributed by atoms with Crippen LogP contribution in [0.5, 0.6) is 6.01 Å². The molecule has 0 atom stereocenters. The van der Waals surface area contributed by atoms with Crippen molar-refractivity contribution in [3.8, 4) is 6.01 Å². The molecule has 0 aliphatic carbocycles. The average molecular weight is 343 g/mol.